The van der Waals surface area contributed by atoms with Crippen LogP contribution in [0.15, 0.2) is 47.5 Å². The third-order valence-corrected chi connectivity index (χ3v) is 3.54. The molecule has 2 rings (SSSR count). The highest BCUT2D eigenvalue weighted by atomic mass is 127. The molecule has 0 heterocycles. The number of para-hydroxylation sites is 1. The highest BCUT2D eigenvalue weighted by Crippen LogP contribution is 2.26. The van der Waals surface area contributed by atoms with Crippen LogP contribution in [-0.2, 0) is 13.1 Å². The van der Waals surface area contributed by atoms with Crippen LogP contribution in [0.5, 0.6) is 11.5 Å². The third kappa shape index (κ3) is 7.41. The Morgan fingerprint density at radius 3 is 2.32 bits per heavy atom. The Balaban J connectivity index is 0.00000392. The van der Waals surface area contributed by atoms with Crippen molar-refractivity contribution in [3.8, 4) is 11.5 Å². The molecule has 0 bridgehead atoms. The van der Waals surface area contributed by atoms with Crippen LogP contribution in [0.25, 0.3) is 0 Å². The fraction of sp³-hybridized carbons (Fsp3) is 0.278. The van der Waals surface area contributed by atoms with Crippen LogP contribution in [0.2, 0.25) is 0 Å². The van der Waals surface area contributed by atoms with E-state index in [1.807, 2.05) is 0 Å². The summed E-state index contributed by atoms with van der Waals surface area (Å²) in [4.78, 5) is 3.99. The standard InChI is InChI=1S/C18H19F4N3O2.HI/c1-23-17(24-10-12-7-8-16(26-2)14(19)9-12)25-11-13-5-3-4-6-15(13)27-18(20,21)22;/h3-9H,10-11H2,1-2H3,(H2,23,24,25);1H. The Labute approximate surface area is 177 Å². The van der Waals surface area contributed by atoms with Gasteiger partial charge in [-0.2, -0.15) is 0 Å². The molecule has 0 radical (unpaired) electrons. The summed E-state index contributed by atoms with van der Waals surface area (Å²) in [5.74, 6) is -0.293. The Kier molecular flexibility index (Phi) is 9.29. The van der Waals surface area contributed by atoms with Crippen LogP contribution in [0.1, 0.15) is 11.1 Å². The summed E-state index contributed by atoms with van der Waals surface area (Å²) in [7, 11) is 2.89. The lowest BCUT2D eigenvalue weighted by molar-refractivity contribution is -0.274. The molecule has 154 valence electrons. The first kappa shape index (κ1) is 23.8. The smallest absolute Gasteiger partial charge is 0.494 e. The largest absolute Gasteiger partial charge is 0.573 e. The van der Waals surface area contributed by atoms with Gasteiger partial charge in [-0.1, -0.05) is 24.3 Å². The lowest BCUT2D eigenvalue weighted by atomic mass is 10.2. The summed E-state index contributed by atoms with van der Waals surface area (Å²) in [6, 6.07) is 10.3. The summed E-state index contributed by atoms with van der Waals surface area (Å²) >= 11 is 0. The summed E-state index contributed by atoms with van der Waals surface area (Å²) < 4.78 is 60.0. The van der Waals surface area contributed by atoms with Crippen molar-refractivity contribution in [2.24, 2.45) is 4.99 Å². The fourth-order valence-electron chi connectivity index (χ4n) is 2.28. The molecular formula is C18H20F4IN3O2. The van der Waals surface area contributed by atoms with E-state index in [1.165, 1.54) is 44.5 Å². The van der Waals surface area contributed by atoms with Gasteiger partial charge in [0, 0.05) is 25.7 Å². The maximum Gasteiger partial charge on any atom is 0.573 e. The predicted octanol–water partition coefficient (Wildman–Crippen LogP) is 4.22. The molecule has 0 aliphatic carbocycles. The number of ether oxygens (including phenoxy) is 2. The Morgan fingerprint density at radius 2 is 1.71 bits per heavy atom. The highest BCUT2D eigenvalue weighted by molar-refractivity contribution is 14.0. The van der Waals surface area contributed by atoms with Crippen molar-refractivity contribution < 1.29 is 27.0 Å². The minimum atomic E-state index is -4.77. The van der Waals surface area contributed by atoms with Gasteiger partial charge in [-0.3, -0.25) is 4.99 Å². The maximum absolute atomic E-state index is 13.7. The number of hydrogen-bond acceptors (Lipinski definition) is 3. The average molecular weight is 513 g/mol. The Morgan fingerprint density at radius 1 is 1.04 bits per heavy atom. The van der Waals surface area contributed by atoms with Crippen molar-refractivity contribution in [2.45, 2.75) is 19.5 Å². The van der Waals surface area contributed by atoms with E-state index in [-0.39, 0.29) is 48.6 Å². The normalized spacial score (nSPS) is 11.4. The average Bonchev–Trinajstić information content (AvgIpc) is 2.62. The first-order chi connectivity index (χ1) is 12.8. The Bertz CT molecular complexity index is 801. The second-order valence-corrected chi connectivity index (χ2v) is 5.40. The monoisotopic (exact) mass is 513 g/mol. The molecule has 2 aromatic carbocycles. The quantitative estimate of drug-likeness (QED) is 0.263. The van der Waals surface area contributed by atoms with Crippen molar-refractivity contribution in [1.29, 1.82) is 0 Å². The Hall–Kier alpha value is -2.24. The van der Waals surface area contributed by atoms with Gasteiger partial charge in [-0.05, 0) is 23.8 Å². The van der Waals surface area contributed by atoms with Gasteiger partial charge in [0.25, 0.3) is 0 Å². The van der Waals surface area contributed by atoms with Crippen molar-refractivity contribution in [3.05, 3.63) is 59.4 Å². The number of aliphatic imine (C=N–C) groups is 1. The molecule has 0 fully saturated rings. The first-order valence-electron chi connectivity index (χ1n) is 7.93. The van der Waals surface area contributed by atoms with Gasteiger partial charge in [-0.25, -0.2) is 4.39 Å². The molecule has 2 N–H and O–H groups in total. The topological polar surface area (TPSA) is 54.9 Å². The molecule has 0 spiro atoms. The number of nitrogens with zero attached hydrogens (tertiary/aromatic N) is 1. The van der Waals surface area contributed by atoms with Crippen LogP contribution in [0.3, 0.4) is 0 Å². The zero-order valence-corrected chi connectivity index (χ0v) is 17.5. The van der Waals surface area contributed by atoms with E-state index in [0.29, 0.717) is 17.1 Å². The maximum atomic E-state index is 13.7. The number of guanidine groups is 1. The number of benzene rings is 2. The van der Waals surface area contributed by atoms with Crippen LogP contribution >= 0.6 is 24.0 Å². The van der Waals surface area contributed by atoms with Crippen molar-refractivity contribution >= 4 is 29.9 Å². The minimum Gasteiger partial charge on any atom is -0.494 e. The van der Waals surface area contributed by atoms with Crippen LogP contribution in [0.4, 0.5) is 17.6 Å². The van der Waals surface area contributed by atoms with Crippen LogP contribution in [0, 0.1) is 5.82 Å². The molecule has 5 nitrogen and oxygen atoms in total. The zero-order chi connectivity index (χ0) is 19.9. The van der Waals surface area contributed by atoms with Gasteiger partial charge in [0.05, 0.1) is 7.11 Å². The van der Waals surface area contributed by atoms with Crippen LogP contribution in [-0.4, -0.2) is 26.5 Å². The van der Waals surface area contributed by atoms with E-state index in [4.69, 9.17) is 4.74 Å². The van der Waals surface area contributed by atoms with E-state index in [2.05, 4.69) is 20.4 Å². The predicted molar refractivity (Wildman–Crippen MR) is 109 cm³/mol. The fourth-order valence-corrected chi connectivity index (χ4v) is 2.28. The second kappa shape index (κ2) is 10.9. The van der Waals surface area contributed by atoms with E-state index >= 15 is 0 Å². The van der Waals surface area contributed by atoms with Crippen LogP contribution < -0.4 is 20.1 Å². The SMILES string of the molecule is CN=C(NCc1ccc(OC)c(F)c1)NCc1ccccc1OC(F)(F)F.I. The molecule has 0 atom stereocenters. The molecule has 10 heteroatoms. The second-order valence-electron chi connectivity index (χ2n) is 5.40. The number of alkyl halides is 3. The molecule has 0 saturated heterocycles. The molecular weight excluding hydrogens is 493 g/mol. The first-order valence-corrected chi connectivity index (χ1v) is 7.93. The summed E-state index contributed by atoms with van der Waals surface area (Å²) in [6.07, 6.45) is -4.77. The number of nitrogens with one attached hydrogen (secondary N) is 2. The number of rotatable bonds is 6. The van der Waals surface area contributed by atoms with Gasteiger partial charge in [0.15, 0.2) is 17.5 Å². The lowest BCUT2D eigenvalue weighted by Gasteiger charge is -2.16. The van der Waals surface area contributed by atoms with E-state index in [0.717, 1.165) is 0 Å². The molecule has 0 unspecified atom stereocenters. The van der Waals surface area contributed by atoms with Gasteiger partial charge in [0.2, 0.25) is 0 Å². The molecule has 28 heavy (non-hydrogen) atoms. The van der Waals surface area contributed by atoms with Crippen molar-refractivity contribution in [3.63, 3.8) is 0 Å². The lowest BCUT2D eigenvalue weighted by Crippen LogP contribution is -2.36. The summed E-state index contributed by atoms with van der Waals surface area (Å²) in [5, 5.41) is 5.85. The number of halogens is 5. The van der Waals surface area contributed by atoms with Gasteiger partial charge >= 0.3 is 6.36 Å². The molecule has 0 aliphatic rings. The van der Waals surface area contributed by atoms with Gasteiger partial charge < -0.3 is 20.1 Å². The molecule has 0 aromatic heterocycles. The number of methoxy groups -OCH3 is 1. The van der Waals surface area contributed by atoms with Crippen molar-refractivity contribution in [2.75, 3.05) is 14.2 Å². The molecule has 0 saturated carbocycles. The van der Waals surface area contributed by atoms with Gasteiger partial charge in [0.1, 0.15) is 5.75 Å². The van der Waals surface area contributed by atoms with E-state index < -0.39 is 12.2 Å². The summed E-state index contributed by atoms with van der Waals surface area (Å²) in [5.41, 5.74) is 0.963. The third-order valence-electron chi connectivity index (χ3n) is 3.54. The molecule has 2 aromatic rings. The highest BCUT2D eigenvalue weighted by Gasteiger charge is 2.31. The van der Waals surface area contributed by atoms with E-state index in [1.54, 1.807) is 12.1 Å². The van der Waals surface area contributed by atoms with E-state index in [9.17, 15) is 17.6 Å². The van der Waals surface area contributed by atoms with Gasteiger partial charge in [-0.15, -0.1) is 37.1 Å². The number of hydrogen-bond donors (Lipinski definition) is 2. The zero-order valence-electron chi connectivity index (χ0n) is 15.1. The molecule has 0 amide bonds. The molecule has 0 aliphatic heterocycles. The minimum absolute atomic E-state index is 0. The van der Waals surface area contributed by atoms with Crippen molar-refractivity contribution in [1.82, 2.24) is 10.6 Å². The summed E-state index contributed by atoms with van der Waals surface area (Å²) in [6.45, 7) is 0.324.